The van der Waals surface area contributed by atoms with E-state index >= 15 is 0 Å². The van der Waals surface area contributed by atoms with E-state index in [9.17, 15) is 23.1 Å². The van der Waals surface area contributed by atoms with E-state index in [1.165, 1.54) is 30.3 Å². The maximum atomic E-state index is 14.0. The average molecular weight is 512 g/mol. The Morgan fingerprint density at radius 3 is 2.24 bits per heavy atom. The molecule has 3 aromatic carbocycles. The van der Waals surface area contributed by atoms with Gasteiger partial charge in [-0.1, -0.05) is 41.6 Å². The molecule has 10 heteroatoms. The highest BCUT2D eigenvalue weighted by Crippen LogP contribution is 2.41. The summed E-state index contributed by atoms with van der Waals surface area (Å²) in [6.45, 7) is 5.02. The smallest absolute Gasteiger partial charge is 0.417 e. The quantitative estimate of drug-likeness (QED) is 0.270. The molecule has 0 bridgehead atoms. The zero-order valence-corrected chi connectivity index (χ0v) is 20.2. The van der Waals surface area contributed by atoms with Crippen molar-refractivity contribution in [3.63, 3.8) is 0 Å². The Balaban J connectivity index is 1.62. The molecule has 2 atom stereocenters. The zero-order valence-electron chi connectivity index (χ0n) is 20.2. The van der Waals surface area contributed by atoms with Gasteiger partial charge in [0, 0.05) is 17.2 Å². The number of hydrogen-bond donors (Lipinski definition) is 3. The Kier molecular flexibility index (Phi) is 7.04. The molecule has 37 heavy (non-hydrogen) atoms. The number of aromatic hydroxyl groups is 1. The monoisotopic (exact) mass is 511 g/mol. The Morgan fingerprint density at radius 2 is 1.62 bits per heavy atom. The Labute approximate surface area is 210 Å². The number of carboxylic acid groups (broad SMARTS) is 1. The molecule has 192 valence electrons. The van der Waals surface area contributed by atoms with Crippen LogP contribution >= 0.6 is 0 Å². The molecule has 4 aromatic rings. The van der Waals surface area contributed by atoms with Crippen molar-refractivity contribution in [3.8, 4) is 39.7 Å². The summed E-state index contributed by atoms with van der Waals surface area (Å²) in [7, 11) is 0. The van der Waals surface area contributed by atoms with Crippen LogP contribution < -0.4 is 5.32 Å². The van der Waals surface area contributed by atoms with Gasteiger partial charge in [-0.25, -0.2) is 0 Å². The van der Waals surface area contributed by atoms with E-state index in [-0.39, 0.29) is 34.6 Å². The van der Waals surface area contributed by atoms with Crippen molar-refractivity contribution in [1.29, 1.82) is 0 Å². The molecule has 0 spiro atoms. The number of aromatic nitrogens is 2. The van der Waals surface area contributed by atoms with Crippen LogP contribution in [0, 0.1) is 6.92 Å². The maximum absolute atomic E-state index is 14.0. The second-order valence-corrected chi connectivity index (χ2v) is 8.75. The van der Waals surface area contributed by atoms with Gasteiger partial charge >= 0.3 is 12.1 Å². The number of halogens is 3. The summed E-state index contributed by atoms with van der Waals surface area (Å²) in [5.74, 6) is -0.849. The SMILES string of the molecule is Cc1cc(O)ccc1-c1ccc(-c2nc(-c3ccc([C@@H](C)N[C@H](C)C(=O)O)cc3)no2)cc1C(F)(F)F. The lowest BCUT2D eigenvalue weighted by Gasteiger charge is -2.17. The lowest BCUT2D eigenvalue weighted by molar-refractivity contribution is -0.139. The fourth-order valence-electron chi connectivity index (χ4n) is 4.02. The van der Waals surface area contributed by atoms with Gasteiger partial charge in [-0.2, -0.15) is 18.2 Å². The maximum Gasteiger partial charge on any atom is 0.417 e. The number of carbonyl (C=O) groups is 1. The van der Waals surface area contributed by atoms with E-state index in [1.54, 1.807) is 38.1 Å². The first kappa shape index (κ1) is 25.9. The van der Waals surface area contributed by atoms with Crippen molar-refractivity contribution >= 4 is 5.97 Å². The van der Waals surface area contributed by atoms with Crippen LogP contribution in [0.5, 0.6) is 5.75 Å². The van der Waals surface area contributed by atoms with Crippen LogP contribution in [0.15, 0.2) is 65.2 Å². The summed E-state index contributed by atoms with van der Waals surface area (Å²) in [5.41, 5.74) is 1.51. The number of aliphatic carboxylic acids is 1. The molecule has 1 aromatic heterocycles. The molecule has 0 aliphatic carbocycles. The highest BCUT2D eigenvalue weighted by molar-refractivity contribution is 5.75. The molecule has 7 nitrogen and oxygen atoms in total. The molecule has 0 radical (unpaired) electrons. The van der Waals surface area contributed by atoms with Crippen LogP contribution in [0.25, 0.3) is 34.0 Å². The number of nitrogens with zero attached hydrogens (tertiary/aromatic N) is 2. The van der Waals surface area contributed by atoms with Crippen molar-refractivity contribution in [2.24, 2.45) is 0 Å². The molecule has 0 amide bonds. The Morgan fingerprint density at radius 1 is 0.973 bits per heavy atom. The first-order valence-electron chi connectivity index (χ1n) is 11.4. The van der Waals surface area contributed by atoms with Gasteiger partial charge in [-0.15, -0.1) is 0 Å². The van der Waals surface area contributed by atoms with Crippen LogP contribution in [-0.2, 0) is 11.0 Å². The molecular weight excluding hydrogens is 487 g/mol. The molecule has 1 heterocycles. The minimum Gasteiger partial charge on any atom is -0.508 e. The minimum absolute atomic E-state index is 0.0241. The first-order chi connectivity index (χ1) is 17.4. The predicted molar refractivity (Wildman–Crippen MR) is 131 cm³/mol. The van der Waals surface area contributed by atoms with Crippen LogP contribution in [0.3, 0.4) is 0 Å². The predicted octanol–water partition coefficient (Wildman–Crippen LogP) is 6.23. The van der Waals surface area contributed by atoms with Gasteiger partial charge in [-0.3, -0.25) is 10.1 Å². The molecule has 4 rings (SSSR count). The van der Waals surface area contributed by atoms with Crippen LogP contribution in [0.4, 0.5) is 13.2 Å². The lowest BCUT2D eigenvalue weighted by Crippen LogP contribution is -2.35. The van der Waals surface area contributed by atoms with Gasteiger partial charge in [-0.05, 0) is 67.3 Å². The lowest BCUT2D eigenvalue weighted by atomic mass is 9.94. The van der Waals surface area contributed by atoms with Crippen LogP contribution in [0.2, 0.25) is 0 Å². The molecule has 3 N–H and O–H groups in total. The normalized spacial score (nSPS) is 13.4. The van der Waals surface area contributed by atoms with Crippen molar-refractivity contribution in [3.05, 3.63) is 77.4 Å². The standard InChI is InChI=1S/C27H24F3N3O4/c1-14-12-20(34)9-11-21(14)22-10-8-19(13-23(22)27(28,29)30)25-32-24(33-37-25)18-6-4-17(5-7-18)15(2)31-16(3)26(35)36/h4-13,15-16,31,34H,1-3H3,(H,35,36)/t15-,16-/m1/s1. The third-order valence-electron chi connectivity index (χ3n) is 6.04. The van der Waals surface area contributed by atoms with Crippen molar-refractivity contribution in [2.45, 2.75) is 39.0 Å². The number of phenols is 1. The van der Waals surface area contributed by atoms with Crippen molar-refractivity contribution in [1.82, 2.24) is 15.5 Å². The third-order valence-corrected chi connectivity index (χ3v) is 6.04. The number of aryl methyl sites for hydroxylation is 1. The number of carboxylic acids is 1. The number of rotatable bonds is 7. The van der Waals surface area contributed by atoms with Gasteiger partial charge in [0.15, 0.2) is 0 Å². The molecule has 0 saturated carbocycles. The Bertz CT molecular complexity index is 1430. The van der Waals surface area contributed by atoms with E-state index in [0.29, 0.717) is 16.7 Å². The number of nitrogens with one attached hydrogen (secondary N) is 1. The van der Waals surface area contributed by atoms with Crippen molar-refractivity contribution < 1.29 is 32.7 Å². The summed E-state index contributed by atoms with van der Waals surface area (Å²) in [6.07, 6.45) is -4.64. The number of hydrogen-bond acceptors (Lipinski definition) is 6. The summed E-state index contributed by atoms with van der Waals surface area (Å²) >= 11 is 0. The fraction of sp³-hybridized carbons (Fsp3) is 0.222. The molecule has 0 unspecified atom stereocenters. The summed E-state index contributed by atoms with van der Waals surface area (Å²) < 4.78 is 47.2. The molecule has 0 aliphatic rings. The van der Waals surface area contributed by atoms with Crippen molar-refractivity contribution in [2.75, 3.05) is 0 Å². The third kappa shape index (κ3) is 5.64. The zero-order chi connectivity index (χ0) is 26.9. The van der Waals surface area contributed by atoms with Gasteiger partial charge in [0.1, 0.15) is 11.8 Å². The van der Waals surface area contributed by atoms with Gasteiger partial charge in [0.25, 0.3) is 5.89 Å². The van der Waals surface area contributed by atoms with E-state index < -0.39 is 23.8 Å². The first-order valence-corrected chi connectivity index (χ1v) is 11.4. The molecular formula is C27H24F3N3O4. The van der Waals surface area contributed by atoms with E-state index in [0.717, 1.165) is 11.6 Å². The summed E-state index contributed by atoms with van der Waals surface area (Å²) in [5, 5.41) is 25.6. The van der Waals surface area contributed by atoms with E-state index in [4.69, 9.17) is 9.63 Å². The molecule has 0 fully saturated rings. The largest absolute Gasteiger partial charge is 0.508 e. The summed E-state index contributed by atoms with van der Waals surface area (Å²) in [6, 6.07) is 14.1. The van der Waals surface area contributed by atoms with Gasteiger partial charge in [0.2, 0.25) is 5.82 Å². The number of benzene rings is 3. The van der Waals surface area contributed by atoms with Crippen LogP contribution in [0.1, 0.15) is 36.6 Å². The van der Waals surface area contributed by atoms with E-state index in [2.05, 4.69) is 15.5 Å². The fourth-order valence-corrected chi connectivity index (χ4v) is 4.02. The van der Waals surface area contributed by atoms with Gasteiger partial charge in [0.05, 0.1) is 5.56 Å². The van der Waals surface area contributed by atoms with E-state index in [1.807, 2.05) is 6.92 Å². The highest BCUT2D eigenvalue weighted by Gasteiger charge is 2.35. The second kappa shape index (κ2) is 10.1. The van der Waals surface area contributed by atoms with Gasteiger partial charge < -0.3 is 14.7 Å². The molecule has 0 aliphatic heterocycles. The number of phenolic OH excluding ortho intramolecular Hbond substituents is 1. The number of alkyl halides is 3. The molecule has 0 saturated heterocycles. The minimum atomic E-state index is -4.64. The average Bonchev–Trinajstić information content (AvgIpc) is 3.33. The van der Waals surface area contributed by atoms with Crippen LogP contribution in [-0.4, -0.2) is 32.4 Å². The summed E-state index contributed by atoms with van der Waals surface area (Å²) in [4.78, 5) is 15.3. The second-order valence-electron chi connectivity index (χ2n) is 8.75. The Hall–Kier alpha value is -4.18. The topological polar surface area (TPSA) is 108 Å². The highest BCUT2D eigenvalue weighted by atomic mass is 19.4.